The zero-order chi connectivity index (χ0) is 22.9. The SMILES string of the molecule is COCCn1c(=NC(=O)C2CCCN2S(=O)(=O)c2ccc(F)cc2)sc2cc(Cl)ccc21. The van der Waals surface area contributed by atoms with E-state index in [1.54, 1.807) is 19.2 Å². The maximum Gasteiger partial charge on any atom is 0.266 e. The van der Waals surface area contributed by atoms with Crippen LogP contribution >= 0.6 is 22.9 Å². The van der Waals surface area contributed by atoms with Gasteiger partial charge in [0, 0.05) is 25.2 Å². The Labute approximate surface area is 193 Å². The minimum atomic E-state index is -3.95. The predicted molar refractivity (Wildman–Crippen MR) is 121 cm³/mol. The van der Waals surface area contributed by atoms with E-state index in [1.807, 2.05) is 10.6 Å². The van der Waals surface area contributed by atoms with Crippen molar-refractivity contribution in [3.05, 3.63) is 58.1 Å². The predicted octanol–water partition coefficient (Wildman–Crippen LogP) is 3.42. The van der Waals surface area contributed by atoms with Gasteiger partial charge < -0.3 is 9.30 Å². The molecule has 0 radical (unpaired) electrons. The van der Waals surface area contributed by atoms with Gasteiger partial charge in [0.05, 0.1) is 21.7 Å². The average molecular weight is 498 g/mol. The number of ether oxygens (including phenoxy) is 1. The zero-order valence-electron chi connectivity index (χ0n) is 17.2. The van der Waals surface area contributed by atoms with E-state index < -0.39 is 27.8 Å². The van der Waals surface area contributed by atoms with Crippen molar-refractivity contribution in [3.63, 3.8) is 0 Å². The maximum absolute atomic E-state index is 13.2. The van der Waals surface area contributed by atoms with Crippen LogP contribution < -0.4 is 4.80 Å². The van der Waals surface area contributed by atoms with Crippen molar-refractivity contribution < 1.29 is 22.3 Å². The summed E-state index contributed by atoms with van der Waals surface area (Å²) in [6, 6.07) is 9.10. The molecule has 1 atom stereocenters. The van der Waals surface area contributed by atoms with Crippen LogP contribution in [-0.4, -0.2) is 49.5 Å². The third-order valence-electron chi connectivity index (χ3n) is 5.28. The van der Waals surface area contributed by atoms with Crippen molar-refractivity contribution in [1.82, 2.24) is 8.87 Å². The van der Waals surface area contributed by atoms with E-state index in [4.69, 9.17) is 16.3 Å². The van der Waals surface area contributed by atoms with Gasteiger partial charge in [0.15, 0.2) is 4.80 Å². The summed E-state index contributed by atoms with van der Waals surface area (Å²) in [5.41, 5.74) is 0.866. The van der Waals surface area contributed by atoms with E-state index in [1.165, 1.54) is 23.5 Å². The first kappa shape index (κ1) is 23.1. The number of benzene rings is 2. The highest BCUT2D eigenvalue weighted by Crippen LogP contribution is 2.27. The van der Waals surface area contributed by atoms with E-state index in [2.05, 4.69) is 4.99 Å². The van der Waals surface area contributed by atoms with Crippen LogP contribution in [0.3, 0.4) is 0 Å². The number of hydrogen-bond acceptors (Lipinski definition) is 5. The third kappa shape index (κ3) is 4.51. The Morgan fingerprint density at radius 1 is 1.28 bits per heavy atom. The molecule has 1 unspecified atom stereocenters. The van der Waals surface area contributed by atoms with Crippen LogP contribution in [0, 0.1) is 5.82 Å². The van der Waals surface area contributed by atoms with Gasteiger partial charge >= 0.3 is 0 Å². The van der Waals surface area contributed by atoms with Gasteiger partial charge in [-0.15, -0.1) is 0 Å². The maximum atomic E-state index is 13.2. The van der Waals surface area contributed by atoms with Crippen molar-refractivity contribution in [1.29, 1.82) is 0 Å². The van der Waals surface area contributed by atoms with Crippen molar-refractivity contribution in [2.24, 2.45) is 4.99 Å². The van der Waals surface area contributed by atoms with E-state index in [9.17, 15) is 17.6 Å². The van der Waals surface area contributed by atoms with E-state index in [-0.39, 0.29) is 11.4 Å². The zero-order valence-corrected chi connectivity index (χ0v) is 19.6. The van der Waals surface area contributed by atoms with Crippen molar-refractivity contribution in [2.45, 2.75) is 30.3 Å². The number of nitrogens with zero attached hydrogens (tertiary/aromatic N) is 3. The number of hydrogen-bond donors (Lipinski definition) is 0. The van der Waals surface area contributed by atoms with Gasteiger partial charge in [0.25, 0.3) is 5.91 Å². The first-order valence-corrected chi connectivity index (χ1v) is 12.6. The van der Waals surface area contributed by atoms with Crippen LogP contribution in [0.15, 0.2) is 52.4 Å². The molecule has 0 bridgehead atoms. The molecule has 0 aliphatic carbocycles. The Morgan fingerprint density at radius 3 is 2.75 bits per heavy atom. The van der Waals surface area contributed by atoms with Gasteiger partial charge in [0.1, 0.15) is 11.9 Å². The Bertz CT molecular complexity index is 1320. The molecule has 4 rings (SSSR count). The average Bonchev–Trinajstić information content (AvgIpc) is 3.37. The number of carbonyl (C=O) groups is 1. The summed E-state index contributed by atoms with van der Waals surface area (Å²) < 4.78 is 48.5. The Morgan fingerprint density at radius 2 is 2.03 bits per heavy atom. The largest absolute Gasteiger partial charge is 0.383 e. The molecule has 2 aromatic carbocycles. The molecule has 1 saturated heterocycles. The summed E-state index contributed by atoms with van der Waals surface area (Å²) in [6.45, 7) is 1.11. The van der Waals surface area contributed by atoms with E-state index in [0.717, 1.165) is 26.7 Å². The Hall–Kier alpha value is -2.11. The number of sulfonamides is 1. The summed E-state index contributed by atoms with van der Waals surface area (Å²) in [7, 11) is -2.36. The van der Waals surface area contributed by atoms with Crippen molar-refractivity contribution >= 4 is 49.1 Å². The summed E-state index contributed by atoms with van der Waals surface area (Å²) >= 11 is 7.42. The highest BCUT2D eigenvalue weighted by Gasteiger charge is 2.39. The van der Waals surface area contributed by atoms with Crippen LogP contribution in [0.1, 0.15) is 12.8 Å². The van der Waals surface area contributed by atoms with Gasteiger partial charge in [-0.1, -0.05) is 22.9 Å². The first-order chi connectivity index (χ1) is 15.3. The Balaban J connectivity index is 1.71. The molecule has 1 fully saturated rings. The minimum Gasteiger partial charge on any atom is -0.383 e. The second kappa shape index (κ2) is 9.40. The monoisotopic (exact) mass is 497 g/mol. The fraction of sp³-hybridized carbons (Fsp3) is 0.333. The second-order valence-corrected chi connectivity index (χ2v) is 10.7. The number of carbonyl (C=O) groups excluding carboxylic acids is 1. The number of aromatic nitrogens is 1. The van der Waals surface area contributed by atoms with Crippen molar-refractivity contribution in [3.8, 4) is 0 Å². The molecule has 1 aliphatic rings. The molecule has 1 aromatic heterocycles. The third-order valence-corrected chi connectivity index (χ3v) is 8.48. The number of amides is 1. The summed E-state index contributed by atoms with van der Waals surface area (Å²) in [6.07, 6.45) is 0.912. The molecule has 0 spiro atoms. The molecular weight excluding hydrogens is 477 g/mol. The summed E-state index contributed by atoms with van der Waals surface area (Å²) in [5, 5.41) is 0.572. The van der Waals surface area contributed by atoms with Gasteiger partial charge in [-0.2, -0.15) is 9.30 Å². The van der Waals surface area contributed by atoms with E-state index in [0.29, 0.717) is 35.8 Å². The molecule has 7 nitrogen and oxygen atoms in total. The second-order valence-electron chi connectivity index (χ2n) is 7.32. The molecule has 170 valence electrons. The van der Waals surface area contributed by atoms with Crippen LogP contribution in [0.25, 0.3) is 10.2 Å². The topological polar surface area (TPSA) is 81.0 Å². The highest BCUT2D eigenvalue weighted by molar-refractivity contribution is 7.89. The molecule has 1 amide bonds. The normalized spacial score (nSPS) is 18.0. The van der Waals surface area contributed by atoms with Gasteiger partial charge in [-0.05, 0) is 55.3 Å². The fourth-order valence-electron chi connectivity index (χ4n) is 3.72. The van der Waals surface area contributed by atoms with Crippen LogP contribution in [0.2, 0.25) is 5.02 Å². The van der Waals surface area contributed by atoms with Crippen LogP contribution in [0.5, 0.6) is 0 Å². The summed E-state index contributed by atoms with van der Waals surface area (Å²) in [5.74, 6) is -1.06. The summed E-state index contributed by atoms with van der Waals surface area (Å²) in [4.78, 5) is 17.8. The molecular formula is C21H21ClFN3O4S2. The lowest BCUT2D eigenvalue weighted by atomic mass is 10.2. The van der Waals surface area contributed by atoms with Crippen LogP contribution in [-0.2, 0) is 26.1 Å². The Kier molecular flexibility index (Phi) is 6.78. The first-order valence-electron chi connectivity index (χ1n) is 9.95. The quantitative estimate of drug-likeness (QED) is 0.522. The number of fused-ring (bicyclic) bond motifs is 1. The fourth-order valence-corrected chi connectivity index (χ4v) is 6.70. The number of rotatable bonds is 6. The number of thiazole rings is 1. The lowest BCUT2D eigenvalue weighted by Gasteiger charge is -2.21. The lowest BCUT2D eigenvalue weighted by Crippen LogP contribution is -2.40. The smallest absolute Gasteiger partial charge is 0.266 e. The van der Waals surface area contributed by atoms with Gasteiger partial charge in [0.2, 0.25) is 10.0 Å². The molecule has 2 heterocycles. The number of halogens is 2. The molecule has 3 aromatic rings. The minimum absolute atomic E-state index is 0.0507. The van der Waals surface area contributed by atoms with Gasteiger partial charge in [-0.25, -0.2) is 12.8 Å². The van der Waals surface area contributed by atoms with Crippen molar-refractivity contribution in [2.75, 3.05) is 20.3 Å². The van der Waals surface area contributed by atoms with Crippen LogP contribution in [0.4, 0.5) is 4.39 Å². The molecule has 11 heteroatoms. The molecule has 0 N–H and O–H groups in total. The highest BCUT2D eigenvalue weighted by atomic mass is 35.5. The number of methoxy groups -OCH3 is 1. The van der Waals surface area contributed by atoms with Gasteiger partial charge in [-0.3, -0.25) is 4.79 Å². The van der Waals surface area contributed by atoms with E-state index >= 15 is 0 Å². The molecule has 32 heavy (non-hydrogen) atoms. The molecule has 1 aliphatic heterocycles. The lowest BCUT2D eigenvalue weighted by molar-refractivity contribution is -0.121. The standard InChI is InChI=1S/C21H21ClFN3O4S2/c1-30-12-11-25-17-9-4-14(22)13-19(17)31-21(25)24-20(27)18-3-2-10-26(18)32(28,29)16-7-5-15(23)6-8-16/h4-9,13,18H,2-3,10-12H2,1H3. The molecule has 0 saturated carbocycles.